The molecule has 0 heterocycles. The van der Waals surface area contributed by atoms with E-state index in [1.165, 1.54) is 5.56 Å². The Bertz CT molecular complexity index is 776. The van der Waals surface area contributed by atoms with Crippen LogP contribution in [-0.2, 0) is 12.1 Å². The van der Waals surface area contributed by atoms with Gasteiger partial charge in [0.2, 0.25) is 0 Å². The van der Waals surface area contributed by atoms with E-state index in [9.17, 15) is 4.39 Å². The number of benzene rings is 2. The first-order valence-electron chi connectivity index (χ1n) is 8.46. The highest BCUT2D eigenvalue weighted by molar-refractivity contribution is 5.73. The number of allylic oxidation sites excluding steroid dienone is 4. The van der Waals surface area contributed by atoms with Crippen LogP contribution in [0.3, 0.4) is 0 Å². The molecule has 25 heavy (non-hydrogen) atoms. The van der Waals surface area contributed by atoms with Crippen LogP contribution in [0.2, 0.25) is 0 Å². The largest absolute Gasteiger partial charge is 0.359 e. The van der Waals surface area contributed by atoms with Crippen LogP contribution in [0.1, 0.15) is 37.5 Å². The van der Waals surface area contributed by atoms with Crippen molar-refractivity contribution in [3.63, 3.8) is 0 Å². The Balaban J connectivity index is 2.04. The zero-order chi connectivity index (χ0) is 18.4. The number of anilines is 1. The van der Waals surface area contributed by atoms with Crippen LogP contribution in [0.25, 0.3) is 5.57 Å². The summed E-state index contributed by atoms with van der Waals surface area (Å²) in [6, 6.07) is 15.8. The van der Waals surface area contributed by atoms with Crippen LogP contribution in [0, 0.1) is 0 Å². The molecular weight excluding hydrogens is 309 g/mol. The molecule has 0 radical (unpaired) electrons. The number of hydrogen-bond acceptors (Lipinski definition) is 1. The quantitative estimate of drug-likeness (QED) is 0.559. The van der Waals surface area contributed by atoms with Gasteiger partial charge in [-0.2, -0.15) is 0 Å². The Hall–Kier alpha value is -2.61. The van der Waals surface area contributed by atoms with Crippen LogP contribution < -0.4 is 5.32 Å². The summed E-state index contributed by atoms with van der Waals surface area (Å²) in [6.45, 7) is 13.0. The van der Waals surface area contributed by atoms with Gasteiger partial charge in [0.1, 0.15) is 5.67 Å². The molecule has 0 saturated carbocycles. The maximum Gasteiger partial charge on any atom is 0.130 e. The van der Waals surface area contributed by atoms with Crippen molar-refractivity contribution in [3.05, 3.63) is 96.2 Å². The van der Waals surface area contributed by atoms with Gasteiger partial charge in [-0.05, 0) is 55.2 Å². The third-order valence-corrected chi connectivity index (χ3v) is 4.11. The lowest BCUT2D eigenvalue weighted by Crippen LogP contribution is -2.10. The summed E-state index contributed by atoms with van der Waals surface area (Å²) in [5.74, 6) is 0. The standard InChI is InChI=1S/C23H26FN/c1-6-19(7-2)20-13-11-18(12-14-20)15-17(3)25-22-10-8-9-21(16-22)23(4,5)24/h6-14,16,25H,1,3,15H2,2,4-5H3/b19-7+. The summed E-state index contributed by atoms with van der Waals surface area (Å²) in [6.07, 6.45) is 4.61. The number of hydrogen-bond donors (Lipinski definition) is 1. The van der Waals surface area contributed by atoms with Gasteiger partial charge >= 0.3 is 0 Å². The smallest absolute Gasteiger partial charge is 0.130 e. The molecule has 2 aromatic carbocycles. The molecule has 0 atom stereocenters. The first kappa shape index (κ1) is 18.7. The number of halogens is 1. The van der Waals surface area contributed by atoms with E-state index in [-0.39, 0.29) is 0 Å². The predicted molar refractivity (Wildman–Crippen MR) is 107 cm³/mol. The number of alkyl halides is 1. The van der Waals surface area contributed by atoms with Crippen LogP contribution in [0.4, 0.5) is 10.1 Å². The minimum absolute atomic E-state index is 0.651. The number of nitrogens with one attached hydrogen (secondary N) is 1. The van der Waals surface area contributed by atoms with Gasteiger partial charge in [0.05, 0.1) is 0 Å². The molecule has 0 aliphatic carbocycles. The molecule has 0 aliphatic rings. The zero-order valence-corrected chi connectivity index (χ0v) is 15.3. The molecule has 1 N–H and O–H groups in total. The lowest BCUT2D eigenvalue weighted by Gasteiger charge is -2.17. The predicted octanol–water partition coefficient (Wildman–Crippen LogP) is 6.65. The summed E-state index contributed by atoms with van der Waals surface area (Å²) in [5.41, 5.74) is 4.46. The van der Waals surface area contributed by atoms with Crippen molar-refractivity contribution in [3.8, 4) is 0 Å². The monoisotopic (exact) mass is 335 g/mol. The van der Waals surface area contributed by atoms with Gasteiger partial charge in [0, 0.05) is 17.8 Å². The van der Waals surface area contributed by atoms with Crippen molar-refractivity contribution in [2.75, 3.05) is 5.32 Å². The zero-order valence-electron chi connectivity index (χ0n) is 15.3. The molecule has 0 spiro atoms. The number of rotatable bonds is 7. The summed E-state index contributed by atoms with van der Waals surface area (Å²) >= 11 is 0. The Labute approximate surface area is 150 Å². The van der Waals surface area contributed by atoms with Crippen molar-refractivity contribution in [1.82, 2.24) is 0 Å². The highest BCUT2D eigenvalue weighted by atomic mass is 19.1. The molecule has 130 valence electrons. The Morgan fingerprint density at radius 3 is 2.40 bits per heavy atom. The fraction of sp³-hybridized carbons (Fsp3) is 0.217. The Kier molecular flexibility index (Phi) is 5.97. The van der Waals surface area contributed by atoms with Gasteiger partial charge in [-0.15, -0.1) is 0 Å². The van der Waals surface area contributed by atoms with Gasteiger partial charge in [0.25, 0.3) is 0 Å². The SMILES string of the molecule is C=C/C(=C\C)c1ccc(CC(=C)Nc2cccc(C(C)(C)F)c2)cc1. The molecule has 0 amide bonds. The van der Waals surface area contributed by atoms with Gasteiger partial charge in [-0.3, -0.25) is 0 Å². The van der Waals surface area contributed by atoms with Crippen molar-refractivity contribution in [1.29, 1.82) is 0 Å². The second-order valence-corrected chi connectivity index (χ2v) is 6.60. The van der Waals surface area contributed by atoms with Gasteiger partial charge in [0.15, 0.2) is 0 Å². The molecule has 2 aromatic rings. The fourth-order valence-electron chi connectivity index (χ4n) is 2.68. The second kappa shape index (κ2) is 7.98. The molecule has 0 saturated heterocycles. The van der Waals surface area contributed by atoms with Crippen molar-refractivity contribution in [2.45, 2.75) is 32.9 Å². The Morgan fingerprint density at radius 1 is 1.16 bits per heavy atom. The maximum absolute atomic E-state index is 14.1. The highest BCUT2D eigenvalue weighted by Crippen LogP contribution is 2.27. The summed E-state index contributed by atoms with van der Waals surface area (Å²) in [7, 11) is 0. The molecular formula is C23H26FN. The maximum atomic E-state index is 14.1. The molecule has 0 bridgehead atoms. The fourth-order valence-corrected chi connectivity index (χ4v) is 2.68. The Morgan fingerprint density at radius 2 is 1.84 bits per heavy atom. The van der Waals surface area contributed by atoms with Gasteiger partial charge < -0.3 is 5.32 Å². The average molecular weight is 335 g/mol. The molecule has 1 nitrogen and oxygen atoms in total. The lowest BCUT2D eigenvalue weighted by atomic mass is 9.99. The third-order valence-electron chi connectivity index (χ3n) is 4.11. The molecule has 2 heteroatoms. The van der Waals surface area contributed by atoms with E-state index in [0.717, 1.165) is 22.5 Å². The van der Waals surface area contributed by atoms with Crippen molar-refractivity contribution in [2.24, 2.45) is 0 Å². The van der Waals surface area contributed by atoms with Crippen LogP contribution in [0.15, 0.2) is 79.5 Å². The van der Waals surface area contributed by atoms with Gasteiger partial charge in [-0.1, -0.05) is 61.7 Å². The van der Waals surface area contributed by atoms with Crippen molar-refractivity contribution < 1.29 is 4.39 Å². The topological polar surface area (TPSA) is 12.0 Å². The summed E-state index contributed by atoms with van der Waals surface area (Å²) in [4.78, 5) is 0. The van der Waals surface area contributed by atoms with E-state index in [1.807, 2.05) is 37.3 Å². The average Bonchev–Trinajstić information content (AvgIpc) is 2.57. The molecule has 0 fully saturated rings. The van der Waals surface area contributed by atoms with Crippen molar-refractivity contribution >= 4 is 11.3 Å². The van der Waals surface area contributed by atoms with Crippen LogP contribution in [0.5, 0.6) is 0 Å². The second-order valence-electron chi connectivity index (χ2n) is 6.60. The molecule has 0 aliphatic heterocycles. The molecule has 2 rings (SSSR count). The molecule has 0 aromatic heterocycles. The van der Waals surface area contributed by atoms with E-state index in [1.54, 1.807) is 19.9 Å². The highest BCUT2D eigenvalue weighted by Gasteiger charge is 2.18. The summed E-state index contributed by atoms with van der Waals surface area (Å²) in [5, 5.41) is 3.27. The van der Waals surface area contributed by atoms with Crippen LogP contribution >= 0.6 is 0 Å². The summed E-state index contributed by atoms with van der Waals surface area (Å²) < 4.78 is 14.1. The van der Waals surface area contributed by atoms with E-state index >= 15 is 0 Å². The lowest BCUT2D eigenvalue weighted by molar-refractivity contribution is 0.221. The van der Waals surface area contributed by atoms with E-state index in [0.29, 0.717) is 12.0 Å². The minimum Gasteiger partial charge on any atom is -0.359 e. The van der Waals surface area contributed by atoms with E-state index < -0.39 is 5.67 Å². The minimum atomic E-state index is -1.36. The first-order chi connectivity index (χ1) is 11.8. The van der Waals surface area contributed by atoms with E-state index in [4.69, 9.17) is 0 Å². The normalized spacial score (nSPS) is 11.9. The molecule has 0 unspecified atom stereocenters. The van der Waals surface area contributed by atoms with Crippen LogP contribution in [-0.4, -0.2) is 0 Å². The third kappa shape index (κ3) is 5.18. The first-order valence-corrected chi connectivity index (χ1v) is 8.46. The van der Waals surface area contributed by atoms with Gasteiger partial charge in [-0.25, -0.2) is 4.39 Å². The van der Waals surface area contributed by atoms with E-state index in [2.05, 4.69) is 42.7 Å².